The van der Waals surface area contributed by atoms with Crippen LogP contribution in [0.4, 0.5) is 10.1 Å². The van der Waals surface area contributed by atoms with Gasteiger partial charge in [0.05, 0.1) is 31.9 Å². The molecule has 0 spiro atoms. The van der Waals surface area contributed by atoms with Crippen LogP contribution in [0.15, 0.2) is 83.8 Å². The third-order valence-electron chi connectivity index (χ3n) is 5.78. The lowest BCUT2D eigenvalue weighted by atomic mass is 10.0. The molecule has 1 aliphatic rings. The molecule has 1 heterocycles. The van der Waals surface area contributed by atoms with E-state index in [-0.39, 0.29) is 36.2 Å². The molecule has 0 aliphatic carbocycles. The van der Waals surface area contributed by atoms with Crippen molar-refractivity contribution in [2.24, 2.45) is 0 Å². The summed E-state index contributed by atoms with van der Waals surface area (Å²) in [5.41, 5.74) is 1.36. The van der Waals surface area contributed by atoms with E-state index in [1.165, 1.54) is 22.5 Å². The number of benzene rings is 3. The van der Waals surface area contributed by atoms with E-state index in [1.807, 2.05) is 6.07 Å². The van der Waals surface area contributed by atoms with Crippen molar-refractivity contribution < 1.29 is 27.3 Å². The van der Waals surface area contributed by atoms with Crippen molar-refractivity contribution in [3.63, 3.8) is 0 Å². The molecule has 1 saturated heterocycles. The molecule has 176 valence electrons. The second kappa shape index (κ2) is 10.3. The maximum absolute atomic E-state index is 14.0. The number of nitrogens with zero attached hydrogens (tertiary/aromatic N) is 1. The van der Waals surface area contributed by atoms with E-state index in [2.05, 4.69) is 5.32 Å². The van der Waals surface area contributed by atoms with E-state index in [0.717, 1.165) is 11.0 Å². The molecule has 4 rings (SSSR count). The summed E-state index contributed by atoms with van der Waals surface area (Å²) in [6.07, 6.45) is 0. The minimum atomic E-state index is -3.93. The van der Waals surface area contributed by atoms with Gasteiger partial charge in [-0.2, -0.15) is 4.31 Å². The van der Waals surface area contributed by atoms with Crippen molar-refractivity contribution in [2.75, 3.05) is 38.0 Å². The third-order valence-corrected chi connectivity index (χ3v) is 7.71. The first kappa shape index (κ1) is 23.7. The van der Waals surface area contributed by atoms with E-state index in [0.29, 0.717) is 29.9 Å². The maximum Gasteiger partial charge on any atom is 0.279 e. The number of quaternary nitrogens is 1. The number of ketones is 1. The van der Waals surface area contributed by atoms with Crippen LogP contribution < -0.4 is 10.2 Å². The number of hydrogen-bond donors (Lipinski definition) is 2. The van der Waals surface area contributed by atoms with Crippen molar-refractivity contribution in [3.8, 4) is 0 Å². The van der Waals surface area contributed by atoms with Crippen molar-refractivity contribution in [3.05, 3.63) is 95.8 Å². The fourth-order valence-electron chi connectivity index (χ4n) is 3.97. The highest BCUT2D eigenvalue weighted by Gasteiger charge is 2.32. The van der Waals surface area contributed by atoms with Gasteiger partial charge >= 0.3 is 0 Å². The maximum atomic E-state index is 14.0. The van der Waals surface area contributed by atoms with Gasteiger partial charge in [0.1, 0.15) is 10.7 Å². The average molecular weight is 483 g/mol. The zero-order chi connectivity index (χ0) is 24.1. The molecular weight excluding hydrogens is 457 g/mol. The highest BCUT2D eigenvalue weighted by molar-refractivity contribution is 7.89. The number of sulfonamides is 1. The second-order valence-electron chi connectivity index (χ2n) is 8.05. The van der Waals surface area contributed by atoms with E-state index in [4.69, 9.17) is 0 Å². The number of carbonyl (C=O) groups excluding carboxylic acids is 2. The third kappa shape index (κ3) is 5.22. The molecule has 0 atom stereocenters. The molecule has 2 N–H and O–H groups in total. The lowest BCUT2D eigenvalue weighted by molar-refractivity contribution is -0.895. The normalized spacial score (nSPS) is 15.1. The summed E-state index contributed by atoms with van der Waals surface area (Å²) in [7, 11) is -3.93. The van der Waals surface area contributed by atoms with Crippen molar-refractivity contribution in [2.45, 2.75) is 4.90 Å². The van der Waals surface area contributed by atoms with Crippen LogP contribution in [0, 0.1) is 5.82 Å². The molecular formula is C25H25FN3O4S+. The van der Waals surface area contributed by atoms with Crippen LogP contribution in [0.5, 0.6) is 0 Å². The molecule has 0 bridgehead atoms. The van der Waals surface area contributed by atoms with E-state index < -0.39 is 15.8 Å². The summed E-state index contributed by atoms with van der Waals surface area (Å²) in [6.45, 7) is 1.31. The molecule has 3 aromatic rings. The van der Waals surface area contributed by atoms with E-state index >= 15 is 0 Å². The van der Waals surface area contributed by atoms with Gasteiger partial charge in [-0.25, -0.2) is 12.8 Å². The fourth-order valence-corrected chi connectivity index (χ4v) is 5.48. The highest BCUT2D eigenvalue weighted by Crippen LogP contribution is 2.20. The van der Waals surface area contributed by atoms with Crippen LogP contribution in [0.3, 0.4) is 0 Å². The number of carbonyl (C=O) groups is 2. The van der Waals surface area contributed by atoms with Gasteiger partial charge in [0.15, 0.2) is 12.3 Å². The minimum Gasteiger partial charge on any atom is -0.325 e. The summed E-state index contributed by atoms with van der Waals surface area (Å²) < 4.78 is 40.8. The van der Waals surface area contributed by atoms with E-state index in [1.54, 1.807) is 48.5 Å². The Balaban J connectivity index is 1.37. The van der Waals surface area contributed by atoms with Crippen LogP contribution in [0.1, 0.15) is 15.9 Å². The molecule has 1 fully saturated rings. The zero-order valence-electron chi connectivity index (χ0n) is 18.4. The molecule has 0 radical (unpaired) electrons. The Morgan fingerprint density at radius 1 is 0.882 bits per heavy atom. The largest absolute Gasteiger partial charge is 0.325 e. The molecule has 1 amide bonds. The van der Waals surface area contributed by atoms with Gasteiger partial charge in [-0.1, -0.05) is 54.6 Å². The molecule has 9 heteroatoms. The monoisotopic (exact) mass is 482 g/mol. The van der Waals surface area contributed by atoms with Crippen LogP contribution in [0.2, 0.25) is 0 Å². The number of rotatable bonds is 7. The summed E-state index contributed by atoms with van der Waals surface area (Å²) in [6, 6.07) is 21.0. The Kier molecular flexibility index (Phi) is 7.16. The summed E-state index contributed by atoms with van der Waals surface area (Å²) in [5, 5.41) is 2.82. The van der Waals surface area contributed by atoms with Crippen LogP contribution in [0.25, 0.3) is 0 Å². The van der Waals surface area contributed by atoms with Gasteiger partial charge in [-0.3, -0.25) is 9.59 Å². The second-order valence-corrected chi connectivity index (χ2v) is 9.96. The lowest BCUT2D eigenvalue weighted by Gasteiger charge is -2.31. The number of para-hydroxylation sites is 1. The van der Waals surface area contributed by atoms with Gasteiger partial charge in [0.25, 0.3) is 5.91 Å². The fraction of sp³-hybridized carbons (Fsp3) is 0.200. The van der Waals surface area contributed by atoms with Gasteiger partial charge in [0, 0.05) is 11.1 Å². The van der Waals surface area contributed by atoms with Crippen molar-refractivity contribution >= 4 is 27.4 Å². The molecule has 0 saturated carbocycles. The number of hydrogen-bond acceptors (Lipinski definition) is 4. The van der Waals surface area contributed by atoms with Gasteiger partial charge in [0.2, 0.25) is 10.0 Å². The number of anilines is 1. The predicted molar refractivity (Wildman–Crippen MR) is 126 cm³/mol. The van der Waals surface area contributed by atoms with Gasteiger partial charge in [-0.05, 0) is 24.3 Å². The Labute approximate surface area is 197 Å². The predicted octanol–water partition coefficient (Wildman–Crippen LogP) is 1.58. The smallest absolute Gasteiger partial charge is 0.279 e. The Morgan fingerprint density at radius 3 is 2.21 bits per heavy atom. The van der Waals surface area contributed by atoms with Gasteiger partial charge in [-0.15, -0.1) is 0 Å². The number of nitrogens with one attached hydrogen (secondary N) is 2. The van der Waals surface area contributed by atoms with Crippen molar-refractivity contribution in [1.82, 2.24) is 4.31 Å². The molecule has 1 aliphatic heterocycles. The molecule has 34 heavy (non-hydrogen) atoms. The molecule has 7 nitrogen and oxygen atoms in total. The van der Waals surface area contributed by atoms with Crippen LogP contribution in [-0.2, 0) is 14.8 Å². The lowest BCUT2D eigenvalue weighted by Crippen LogP contribution is -3.15. The Morgan fingerprint density at radius 2 is 1.50 bits per heavy atom. The topological polar surface area (TPSA) is 88.0 Å². The summed E-state index contributed by atoms with van der Waals surface area (Å²) in [5.74, 6) is -1.23. The number of amides is 1. The average Bonchev–Trinajstić information content (AvgIpc) is 2.85. The molecule has 3 aromatic carbocycles. The van der Waals surface area contributed by atoms with Gasteiger partial charge < -0.3 is 10.2 Å². The summed E-state index contributed by atoms with van der Waals surface area (Å²) >= 11 is 0. The van der Waals surface area contributed by atoms with E-state index in [9.17, 15) is 22.4 Å². The Bertz CT molecular complexity index is 1290. The first-order valence-corrected chi connectivity index (χ1v) is 12.4. The Hall–Kier alpha value is -3.40. The first-order valence-electron chi connectivity index (χ1n) is 10.9. The quantitative estimate of drug-likeness (QED) is 0.501. The van der Waals surface area contributed by atoms with Crippen LogP contribution >= 0.6 is 0 Å². The molecule has 0 unspecified atom stereocenters. The molecule has 0 aromatic heterocycles. The highest BCUT2D eigenvalue weighted by atomic mass is 32.2. The van der Waals surface area contributed by atoms with Crippen LogP contribution in [-0.4, -0.2) is 57.1 Å². The number of halogens is 1. The summed E-state index contributed by atoms with van der Waals surface area (Å²) in [4.78, 5) is 26.1. The first-order chi connectivity index (χ1) is 16.4. The zero-order valence-corrected chi connectivity index (χ0v) is 19.2. The number of piperazine rings is 1. The van der Waals surface area contributed by atoms with Crippen molar-refractivity contribution in [1.29, 1.82) is 0 Å². The standard InChI is InChI=1S/C25H24FN3O4S/c26-21-11-5-7-13-23(21)34(32,33)29-16-14-28(15-17-29)18-24(30)27-22-12-6-4-10-20(22)25(31)19-8-2-1-3-9-19/h1-13H,14-18H2,(H,27,30)/p+1. The minimum absolute atomic E-state index is 0.126. The SMILES string of the molecule is O=C(C[NH+]1CCN(S(=O)(=O)c2ccccc2F)CC1)Nc1ccccc1C(=O)c1ccccc1.